The highest BCUT2D eigenvalue weighted by atomic mass is 32.2. The second-order valence-corrected chi connectivity index (χ2v) is 14.3. The fourth-order valence-corrected chi connectivity index (χ4v) is 7.89. The standard InChI is InChI=1S/C36H39N2O6S2/c1-8-42-23-43-27-14-19-30-32(22-27)45-34(37-30)24-9-20-31(38(5)35(39)44-36(2,3)4)33(21-24)46(28-15-10-25(40-6)11-16-28)29-17-12-26(41-7)13-18-29/h9-22H,8,23H2,1-7H3/q+1. The maximum absolute atomic E-state index is 13.4. The zero-order valence-electron chi connectivity index (χ0n) is 27.2. The smallest absolute Gasteiger partial charge is 0.414 e. The Hall–Kier alpha value is -4.25. The van der Waals surface area contributed by atoms with E-state index in [1.54, 1.807) is 37.5 Å². The summed E-state index contributed by atoms with van der Waals surface area (Å²) >= 11 is 1.59. The molecule has 4 aromatic carbocycles. The summed E-state index contributed by atoms with van der Waals surface area (Å²) in [6.45, 7) is 8.31. The van der Waals surface area contributed by atoms with Crippen LogP contribution in [-0.4, -0.2) is 51.3 Å². The number of rotatable bonds is 11. The van der Waals surface area contributed by atoms with E-state index in [2.05, 4.69) is 30.3 Å². The maximum Gasteiger partial charge on any atom is 0.414 e. The molecule has 0 aliphatic rings. The summed E-state index contributed by atoms with van der Waals surface area (Å²) in [5, 5.41) is 0.859. The lowest BCUT2D eigenvalue weighted by Crippen LogP contribution is -2.34. The Bertz CT molecular complexity index is 1730. The van der Waals surface area contributed by atoms with Gasteiger partial charge < -0.3 is 23.7 Å². The van der Waals surface area contributed by atoms with Gasteiger partial charge in [0.05, 0.1) is 24.4 Å². The number of carbonyl (C=O) groups excluding carboxylic acids is 1. The van der Waals surface area contributed by atoms with Crippen molar-refractivity contribution in [3.05, 3.63) is 84.9 Å². The fourth-order valence-electron chi connectivity index (χ4n) is 4.64. The van der Waals surface area contributed by atoms with Crippen molar-refractivity contribution in [2.45, 2.75) is 48.0 Å². The van der Waals surface area contributed by atoms with Crippen molar-refractivity contribution in [2.75, 3.05) is 39.6 Å². The van der Waals surface area contributed by atoms with E-state index in [0.717, 1.165) is 58.4 Å². The van der Waals surface area contributed by atoms with Crippen molar-refractivity contribution in [2.24, 2.45) is 0 Å². The van der Waals surface area contributed by atoms with Crippen LogP contribution in [0.5, 0.6) is 17.2 Å². The molecule has 10 heteroatoms. The molecule has 0 radical (unpaired) electrons. The predicted octanol–water partition coefficient (Wildman–Crippen LogP) is 8.82. The summed E-state index contributed by atoms with van der Waals surface area (Å²) in [5.74, 6) is 2.26. The number of hydrogen-bond acceptors (Lipinski definition) is 8. The fraction of sp³-hybridized carbons (Fsp3) is 0.278. The van der Waals surface area contributed by atoms with E-state index < -0.39 is 22.6 Å². The van der Waals surface area contributed by atoms with E-state index in [-0.39, 0.29) is 6.79 Å². The van der Waals surface area contributed by atoms with E-state index in [0.29, 0.717) is 6.61 Å². The molecule has 0 fully saturated rings. The highest BCUT2D eigenvalue weighted by Crippen LogP contribution is 2.42. The molecule has 1 aromatic heterocycles. The number of nitrogens with zero attached hydrogens (tertiary/aromatic N) is 2. The summed E-state index contributed by atoms with van der Waals surface area (Å²) in [5.41, 5.74) is 1.91. The SMILES string of the molecule is CCOCOc1ccc2nc(-c3ccc(N(C)C(=O)OC(C)(C)C)c([S+](c4ccc(OC)cc4)c4ccc(OC)cc4)c3)sc2c1. The molecule has 5 aromatic rings. The monoisotopic (exact) mass is 659 g/mol. The number of amides is 1. The van der Waals surface area contributed by atoms with Crippen LogP contribution in [0.15, 0.2) is 99.6 Å². The third-order valence-corrected chi connectivity index (χ3v) is 10.2. The number of thiazole rings is 1. The van der Waals surface area contributed by atoms with E-state index in [1.807, 2.05) is 82.3 Å². The first-order valence-electron chi connectivity index (χ1n) is 14.8. The van der Waals surface area contributed by atoms with Gasteiger partial charge in [0.1, 0.15) is 44.4 Å². The van der Waals surface area contributed by atoms with Crippen molar-refractivity contribution in [1.29, 1.82) is 0 Å². The van der Waals surface area contributed by atoms with E-state index in [1.165, 1.54) is 0 Å². The van der Waals surface area contributed by atoms with Gasteiger partial charge in [-0.3, -0.25) is 4.90 Å². The number of benzene rings is 4. The lowest BCUT2D eigenvalue weighted by molar-refractivity contribution is 0.0225. The van der Waals surface area contributed by atoms with Crippen LogP contribution in [0.4, 0.5) is 10.5 Å². The van der Waals surface area contributed by atoms with Gasteiger partial charge in [0.25, 0.3) is 0 Å². The number of carbonyl (C=O) groups is 1. The van der Waals surface area contributed by atoms with Gasteiger partial charge in [-0.1, -0.05) is 0 Å². The van der Waals surface area contributed by atoms with Crippen LogP contribution in [0.3, 0.4) is 0 Å². The van der Waals surface area contributed by atoms with E-state index in [9.17, 15) is 4.79 Å². The quantitative estimate of drug-likeness (QED) is 0.0797. The van der Waals surface area contributed by atoms with Gasteiger partial charge in [0.2, 0.25) is 0 Å². The van der Waals surface area contributed by atoms with Crippen molar-refractivity contribution >= 4 is 44.2 Å². The second-order valence-electron chi connectivity index (χ2n) is 11.3. The molecule has 1 heterocycles. The molecule has 8 nitrogen and oxygen atoms in total. The molecule has 0 aliphatic carbocycles. The molecule has 5 rings (SSSR count). The van der Waals surface area contributed by atoms with Crippen LogP contribution >= 0.6 is 11.3 Å². The molecule has 46 heavy (non-hydrogen) atoms. The molecule has 0 atom stereocenters. The van der Waals surface area contributed by atoms with Gasteiger partial charge in [-0.15, -0.1) is 11.3 Å². The Kier molecular flexibility index (Phi) is 10.4. The lowest BCUT2D eigenvalue weighted by Gasteiger charge is -2.25. The Balaban J connectivity index is 1.66. The highest BCUT2D eigenvalue weighted by molar-refractivity contribution is 7.97. The van der Waals surface area contributed by atoms with Crippen molar-refractivity contribution < 1.29 is 28.5 Å². The van der Waals surface area contributed by atoms with Gasteiger partial charge in [-0.25, -0.2) is 9.78 Å². The molecule has 0 N–H and O–H groups in total. The van der Waals surface area contributed by atoms with Crippen LogP contribution < -0.4 is 19.1 Å². The average Bonchev–Trinajstić information content (AvgIpc) is 3.48. The van der Waals surface area contributed by atoms with Crippen LogP contribution in [0.1, 0.15) is 27.7 Å². The summed E-state index contributed by atoms with van der Waals surface area (Å²) in [7, 11) is 4.42. The Labute approximate surface area is 277 Å². The number of anilines is 1. The minimum atomic E-state index is -0.647. The first-order valence-corrected chi connectivity index (χ1v) is 16.9. The molecular weight excluding hydrogens is 621 g/mol. The number of aromatic nitrogens is 1. The molecule has 0 saturated heterocycles. The number of fused-ring (bicyclic) bond motifs is 1. The van der Waals surface area contributed by atoms with Crippen LogP contribution in [0, 0.1) is 0 Å². The van der Waals surface area contributed by atoms with Crippen LogP contribution in [0.2, 0.25) is 0 Å². The maximum atomic E-state index is 13.4. The predicted molar refractivity (Wildman–Crippen MR) is 185 cm³/mol. The Morgan fingerprint density at radius 3 is 2.02 bits per heavy atom. The van der Waals surface area contributed by atoms with Crippen molar-refractivity contribution in [3.8, 4) is 27.8 Å². The van der Waals surface area contributed by atoms with Gasteiger partial charge >= 0.3 is 6.09 Å². The molecule has 0 unspecified atom stereocenters. The van der Waals surface area contributed by atoms with Gasteiger partial charge in [0.15, 0.2) is 21.5 Å². The van der Waals surface area contributed by atoms with Crippen molar-refractivity contribution in [3.63, 3.8) is 0 Å². The third-order valence-electron chi connectivity index (χ3n) is 6.92. The first-order chi connectivity index (χ1) is 22.1. The zero-order valence-corrected chi connectivity index (χ0v) is 28.8. The minimum absolute atomic E-state index is 0.197. The number of methoxy groups -OCH3 is 2. The normalized spacial score (nSPS) is 11.5. The lowest BCUT2D eigenvalue weighted by atomic mass is 10.2. The molecular formula is C36H39N2O6S2+. The Morgan fingerprint density at radius 2 is 1.46 bits per heavy atom. The number of ether oxygens (including phenoxy) is 5. The highest BCUT2D eigenvalue weighted by Gasteiger charge is 2.35. The summed E-state index contributed by atoms with van der Waals surface area (Å²) in [4.78, 5) is 23.0. The largest absolute Gasteiger partial charge is 0.497 e. The number of hydrogen-bond donors (Lipinski definition) is 0. The molecule has 0 saturated carbocycles. The first kappa shape index (κ1) is 33.1. The van der Waals surface area contributed by atoms with Crippen LogP contribution in [-0.2, 0) is 20.4 Å². The van der Waals surface area contributed by atoms with Crippen LogP contribution in [0.25, 0.3) is 20.8 Å². The third kappa shape index (κ3) is 7.75. The van der Waals surface area contributed by atoms with Gasteiger partial charge in [0, 0.05) is 25.3 Å². The van der Waals surface area contributed by atoms with Gasteiger partial charge in [-0.05, 0) is 107 Å². The van der Waals surface area contributed by atoms with Crippen molar-refractivity contribution in [1.82, 2.24) is 4.98 Å². The molecule has 0 spiro atoms. The summed E-state index contributed by atoms with van der Waals surface area (Å²) in [6, 6.07) is 28.1. The summed E-state index contributed by atoms with van der Waals surface area (Å²) < 4.78 is 28.8. The molecule has 1 amide bonds. The van der Waals surface area contributed by atoms with E-state index in [4.69, 9.17) is 28.7 Å². The second kappa shape index (κ2) is 14.5. The van der Waals surface area contributed by atoms with Gasteiger partial charge in [-0.2, -0.15) is 0 Å². The molecule has 0 aliphatic heterocycles. The summed E-state index contributed by atoms with van der Waals surface area (Å²) in [6.07, 6.45) is -0.436. The minimum Gasteiger partial charge on any atom is -0.497 e. The molecule has 0 bridgehead atoms. The molecule has 240 valence electrons. The average molecular weight is 660 g/mol. The topological polar surface area (TPSA) is 79.4 Å². The van der Waals surface area contributed by atoms with E-state index >= 15 is 0 Å². The zero-order chi connectivity index (χ0) is 32.8. The Morgan fingerprint density at radius 1 is 0.848 bits per heavy atom.